The minimum absolute atomic E-state index is 0.0445. The van der Waals surface area contributed by atoms with Gasteiger partial charge in [-0.3, -0.25) is 0 Å². The average molecular weight is 345 g/mol. The van der Waals surface area contributed by atoms with Gasteiger partial charge in [-0.15, -0.1) is 0 Å². The van der Waals surface area contributed by atoms with Crippen LogP contribution in [0.25, 0.3) is 0 Å². The molecule has 0 fully saturated rings. The van der Waals surface area contributed by atoms with Gasteiger partial charge >= 0.3 is 0 Å². The van der Waals surface area contributed by atoms with Gasteiger partial charge in [-0.05, 0) is 36.4 Å². The molecular weight excluding hydrogens is 329 g/mol. The maximum absolute atomic E-state index is 6.13. The highest BCUT2D eigenvalue weighted by atomic mass is 35.5. The summed E-state index contributed by atoms with van der Waals surface area (Å²) in [4.78, 5) is 0. The van der Waals surface area contributed by atoms with Crippen LogP contribution in [0.2, 0.25) is 15.1 Å². The smallest absolute Gasteiger partial charge is 0.125 e. The van der Waals surface area contributed by atoms with Crippen molar-refractivity contribution >= 4 is 34.8 Å². The standard InChI is InChI=1S/C16H16Cl3NO/c1-3-20-16(10-4-7-13(18)14(19)8-10)12-6-5-11(17)9-15(12)21-2/h4-9,16,20H,3H2,1-2H3. The fourth-order valence-electron chi connectivity index (χ4n) is 2.23. The molecule has 112 valence electrons. The van der Waals surface area contributed by atoms with Crippen molar-refractivity contribution in [3.05, 3.63) is 62.6 Å². The van der Waals surface area contributed by atoms with Crippen LogP contribution >= 0.6 is 34.8 Å². The molecule has 0 saturated heterocycles. The van der Waals surface area contributed by atoms with Crippen LogP contribution in [-0.2, 0) is 0 Å². The molecule has 5 heteroatoms. The van der Waals surface area contributed by atoms with E-state index >= 15 is 0 Å². The van der Waals surface area contributed by atoms with Gasteiger partial charge in [0.05, 0.1) is 23.2 Å². The van der Waals surface area contributed by atoms with Gasteiger partial charge in [0.25, 0.3) is 0 Å². The Hall–Kier alpha value is -0.930. The molecule has 0 saturated carbocycles. The number of ether oxygens (including phenoxy) is 1. The van der Waals surface area contributed by atoms with E-state index < -0.39 is 0 Å². The van der Waals surface area contributed by atoms with E-state index in [1.54, 1.807) is 19.2 Å². The molecule has 0 aromatic heterocycles. The Labute approximate surface area is 140 Å². The number of nitrogens with one attached hydrogen (secondary N) is 1. The molecule has 0 aliphatic heterocycles. The minimum atomic E-state index is -0.0445. The number of halogens is 3. The highest BCUT2D eigenvalue weighted by Crippen LogP contribution is 2.34. The van der Waals surface area contributed by atoms with Crippen LogP contribution in [0, 0.1) is 0 Å². The minimum Gasteiger partial charge on any atom is -0.496 e. The average Bonchev–Trinajstić information content (AvgIpc) is 2.48. The van der Waals surface area contributed by atoms with Crippen molar-refractivity contribution in [3.8, 4) is 5.75 Å². The topological polar surface area (TPSA) is 21.3 Å². The number of methoxy groups -OCH3 is 1. The van der Waals surface area contributed by atoms with Gasteiger partial charge in [-0.25, -0.2) is 0 Å². The van der Waals surface area contributed by atoms with Gasteiger partial charge in [0.1, 0.15) is 5.75 Å². The fraction of sp³-hybridized carbons (Fsp3) is 0.250. The first kappa shape index (κ1) is 16.4. The Kier molecular flexibility index (Phi) is 5.77. The molecule has 0 heterocycles. The summed E-state index contributed by atoms with van der Waals surface area (Å²) in [5.74, 6) is 0.736. The van der Waals surface area contributed by atoms with Crippen molar-refractivity contribution < 1.29 is 4.74 Å². The van der Waals surface area contributed by atoms with Crippen LogP contribution in [0.15, 0.2) is 36.4 Å². The van der Waals surface area contributed by atoms with Crippen LogP contribution in [0.4, 0.5) is 0 Å². The molecule has 2 nitrogen and oxygen atoms in total. The third kappa shape index (κ3) is 3.83. The fourth-order valence-corrected chi connectivity index (χ4v) is 2.70. The van der Waals surface area contributed by atoms with Crippen molar-refractivity contribution in [3.63, 3.8) is 0 Å². The SMILES string of the molecule is CCNC(c1ccc(Cl)c(Cl)c1)c1ccc(Cl)cc1OC. The molecule has 2 aromatic rings. The van der Waals surface area contributed by atoms with Gasteiger partial charge < -0.3 is 10.1 Å². The second-order valence-electron chi connectivity index (χ2n) is 4.55. The number of rotatable bonds is 5. The second-order valence-corrected chi connectivity index (χ2v) is 5.80. The van der Waals surface area contributed by atoms with E-state index in [-0.39, 0.29) is 6.04 Å². The molecule has 1 atom stereocenters. The predicted molar refractivity (Wildman–Crippen MR) is 90.0 cm³/mol. The lowest BCUT2D eigenvalue weighted by atomic mass is 9.97. The largest absolute Gasteiger partial charge is 0.496 e. The highest BCUT2D eigenvalue weighted by Gasteiger charge is 2.18. The van der Waals surface area contributed by atoms with Crippen LogP contribution in [0.3, 0.4) is 0 Å². The van der Waals surface area contributed by atoms with Crippen LogP contribution in [0.5, 0.6) is 5.75 Å². The summed E-state index contributed by atoms with van der Waals surface area (Å²) < 4.78 is 5.45. The zero-order valence-corrected chi connectivity index (χ0v) is 14.1. The van der Waals surface area contributed by atoms with E-state index in [1.807, 2.05) is 31.2 Å². The molecule has 1 N–H and O–H groups in total. The predicted octanol–water partition coefficient (Wildman–Crippen LogP) is 5.35. The maximum atomic E-state index is 6.13. The van der Waals surface area contributed by atoms with Gasteiger partial charge in [-0.2, -0.15) is 0 Å². The summed E-state index contributed by atoms with van der Waals surface area (Å²) in [6.07, 6.45) is 0. The van der Waals surface area contributed by atoms with Gasteiger partial charge in [0.15, 0.2) is 0 Å². The van der Waals surface area contributed by atoms with Crippen LogP contribution in [0.1, 0.15) is 24.1 Å². The number of benzene rings is 2. The second kappa shape index (κ2) is 7.37. The summed E-state index contributed by atoms with van der Waals surface area (Å²) in [6, 6.07) is 11.2. The maximum Gasteiger partial charge on any atom is 0.125 e. The lowest BCUT2D eigenvalue weighted by Gasteiger charge is -2.22. The normalized spacial score (nSPS) is 12.2. The first-order chi connectivity index (χ1) is 10.1. The van der Waals surface area contributed by atoms with Crippen molar-refractivity contribution in [2.75, 3.05) is 13.7 Å². The van der Waals surface area contributed by atoms with Crippen molar-refractivity contribution in [1.29, 1.82) is 0 Å². The summed E-state index contributed by atoms with van der Waals surface area (Å²) in [5, 5.41) is 5.14. The quantitative estimate of drug-likeness (QED) is 0.789. The van der Waals surface area contributed by atoms with Gasteiger partial charge in [0.2, 0.25) is 0 Å². The Morgan fingerprint density at radius 2 is 1.81 bits per heavy atom. The molecule has 1 unspecified atom stereocenters. The van der Waals surface area contributed by atoms with Gasteiger partial charge in [-0.1, -0.05) is 53.9 Å². The molecule has 21 heavy (non-hydrogen) atoms. The van der Waals surface area contributed by atoms with Crippen LogP contribution < -0.4 is 10.1 Å². The lowest BCUT2D eigenvalue weighted by molar-refractivity contribution is 0.404. The van der Waals surface area contributed by atoms with E-state index in [2.05, 4.69) is 5.32 Å². The third-order valence-electron chi connectivity index (χ3n) is 3.19. The van der Waals surface area contributed by atoms with E-state index in [9.17, 15) is 0 Å². The Balaban J connectivity index is 2.50. The van der Waals surface area contributed by atoms with Crippen molar-refractivity contribution in [1.82, 2.24) is 5.32 Å². The Morgan fingerprint density at radius 3 is 2.43 bits per heavy atom. The first-order valence-electron chi connectivity index (χ1n) is 6.58. The summed E-state index contributed by atoms with van der Waals surface area (Å²) in [5.41, 5.74) is 2.02. The highest BCUT2D eigenvalue weighted by molar-refractivity contribution is 6.42. The zero-order chi connectivity index (χ0) is 15.4. The lowest BCUT2D eigenvalue weighted by Crippen LogP contribution is -2.22. The van der Waals surface area contributed by atoms with Gasteiger partial charge in [0, 0.05) is 10.6 Å². The third-order valence-corrected chi connectivity index (χ3v) is 4.17. The molecular formula is C16H16Cl3NO. The number of hydrogen-bond acceptors (Lipinski definition) is 2. The molecule has 0 radical (unpaired) electrons. The summed E-state index contributed by atoms with van der Waals surface area (Å²) >= 11 is 18.2. The molecule has 0 aliphatic carbocycles. The molecule has 0 amide bonds. The Bertz CT molecular complexity index is 631. The molecule has 2 aromatic carbocycles. The van der Waals surface area contributed by atoms with Crippen molar-refractivity contribution in [2.45, 2.75) is 13.0 Å². The molecule has 0 aliphatic rings. The van der Waals surface area contributed by atoms with E-state index in [4.69, 9.17) is 39.5 Å². The number of hydrogen-bond donors (Lipinski definition) is 1. The Morgan fingerprint density at radius 1 is 1.05 bits per heavy atom. The van der Waals surface area contributed by atoms with E-state index in [0.717, 1.165) is 23.4 Å². The van der Waals surface area contributed by atoms with E-state index in [0.29, 0.717) is 15.1 Å². The van der Waals surface area contributed by atoms with Crippen LogP contribution in [-0.4, -0.2) is 13.7 Å². The van der Waals surface area contributed by atoms with Crippen molar-refractivity contribution in [2.24, 2.45) is 0 Å². The summed E-state index contributed by atoms with van der Waals surface area (Å²) in [6.45, 7) is 2.85. The zero-order valence-electron chi connectivity index (χ0n) is 11.8. The molecule has 0 bridgehead atoms. The first-order valence-corrected chi connectivity index (χ1v) is 7.72. The summed E-state index contributed by atoms with van der Waals surface area (Å²) in [7, 11) is 1.63. The monoisotopic (exact) mass is 343 g/mol. The van der Waals surface area contributed by atoms with E-state index in [1.165, 1.54) is 0 Å². The molecule has 0 spiro atoms. The molecule has 2 rings (SSSR count).